The lowest BCUT2D eigenvalue weighted by Crippen LogP contribution is -2.42. The lowest BCUT2D eigenvalue weighted by Gasteiger charge is -2.20. The summed E-state index contributed by atoms with van der Waals surface area (Å²) in [6, 6.07) is 5.82. The number of nitrogens with one attached hydrogen (secondary N) is 1. The van der Waals surface area contributed by atoms with Gasteiger partial charge in [-0.1, -0.05) is 18.2 Å². The van der Waals surface area contributed by atoms with Crippen molar-refractivity contribution in [3.63, 3.8) is 0 Å². The number of carbonyl (C=O) groups is 2. The number of hydrogen-bond donors (Lipinski definition) is 2. The fourth-order valence-electron chi connectivity index (χ4n) is 1.94. The summed E-state index contributed by atoms with van der Waals surface area (Å²) >= 11 is 1.18. The molecule has 0 saturated carbocycles. The second-order valence-corrected chi connectivity index (χ2v) is 5.40. The minimum absolute atomic E-state index is 0.383. The Bertz CT molecular complexity index is 476. The van der Waals surface area contributed by atoms with E-state index in [0.717, 1.165) is 18.1 Å². The summed E-state index contributed by atoms with van der Waals surface area (Å²) in [4.78, 5) is 23.1. The van der Waals surface area contributed by atoms with E-state index in [1.165, 1.54) is 31.2 Å². The summed E-state index contributed by atoms with van der Waals surface area (Å²) in [5.41, 5.74) is 0.476. The van der Waals surface area contributed by atoms with Crippen LogP contribution in [0.1, 0.15) is 29.6 Å². The van der Waals surface area contributed by atoms with Crippen LogP contribution in [0.4, 0.5) is 0 Å². The van der Waals surface area contributed by atoms with Crippen LogP contribution < -0.4 is 4.72 Å². The summed E-state index contributed by atoms with van der Waals surface area (Å²) in [5, 5.41) is 8.74. The van der Waals surface area contributed by atoms with Crippen LogP contribution in [0.15, 0.2) is 29.2 Å². The number of aliphatic carboxylic acids is 1. The van der Waals surface area contributed by atoms with Gasteiger partial charge >= 0.3 is 5.97 Å². The molecule has 5 nitrogen and oxygen atoms in total. The topological polar surface area (TPSA) is 75.6 Å². The Morgan fingerprint density at radius 2 is 1.95 bits per heavy atom. The second-order valence-electron chi connectivity index (χ2n) is 4.52. The van der Waals surface area contributed by atoms with Gasteiger partial charge < -0.3 is 9.84 Å². The summed E-state index contributed by atoms with van der Waals surface area (Å²) in [7, 11) is 0. The van der Waals surface area contributed by atoms with E-state index in [1.54, 1.807) is 18.2 Å². The Morgan fingerprint density at radius 1 is 1.25 bits per heavy atom. The number of carboxylic acid groups (broad SMARTS) is 1. The Morgan fingerprint density at radius 3 is 2.50 bits per heavy atom. The van der Waals surface area contributed by atoms with Crippen molar-refractivity contribution in [1.82, 2.24) is 4.72 Å². The predicted octanol–water partition coefficient (Wildman–Crippen LogP) is 2.12. The van der Waals surface area contributed by atoms with Gasteiger partial charge in [0.25, 0.3) is 0 Å². The van der Waals surface area contributed by atoms with E-state index in [4.69, 9.17) is 9.84 Å². The normalized spacial score (nSPS) is 21.4. The van der Waals surface area contributed by atoms with Gasteiger partial charge in [-0.15, -0.1) is 0 Å². The van der Waals surface area contributed by atoms with Crippen LogP contribution in [0, 0.1) is 0 Å². The molecule has 2 heterocycles. The van der Waals surface area contributed by atoms with Crippen LogP contribution in [0.25, 0.3) is 0 Å². The summed E-state index contributed by atoms with van der Waals surface area (Å²) < 4.78 is 7.66. The maximum atomic E-state index is 11.6. The van der Waals surface area contributed by atoms with E-state index < -0.39 is 12.0 Å². The predicted molar refractivity (Wildman–Crippen MR) is 75.9 cm³/mol. The first-order chi connectivity index (χ1) is 9.70. The molecule has 0 aliphatic carbocycles. The zero-order valence-corrected chi connectivity index (χ0v) is 11.8. The van der Waals surface area contributed by atoms with Crippen LogP contribution in [-0.2, 0) is 9.53 Å². The van der Waals surface area contributed by atoms with Crippen molar-refractivity contribution in [2.75, 3.05) is 13.2 Å². The quantitative estimate of drug-likeness (QED) is 0.610. The van der Waals surface area contributed by atoms with Gasteiger partial charge in [0, 0.05) is 23.7 Å². The Labute approximate surface area is 121 Å². The van der Waals surface area contributed by atoms with E-state index in [0.29, 0.717) is 5.56 Å². The third-order valence-corrected chi connectivity index (χ3v) is 3.96. The number of ketones is 1. The highest BCUT2D eigenvalue weighted by molar-refractivity contribution is 7.97. The van der Waals surface area contributed by atoms with Gasteiger partial charge in [0.1, 0.15) is 0 Å². The average molecular weight is 295 g/mol. The van der Waals surface area contributed by atoms with Gasteiger partial charge in [-0.2, -0.15) is 0 Å². The van der Waals surface area contributed by atoms with Crippen molar-refractivity contribution in [3.05, 3.63) is 29.8 Å². The molecule has 20 heavy (non-hydrogen) atoms. The fourth-order valence-corrected chi connectivity index (χ4v) is 2.82. The molecule has 3 rings (SSSR count). The molecule has 0 spiro atoms. The molecule has 6 heteroatoms. The van der Waals surface area contributed by atoms with Crippen LogP contribution in [0.5, 0.6) is 0 Å². The van der Waals surface area contributed by atoms with Crippen molar-refractivity contribution >= 4 is 23.7 Å². The van der Waals surface area contributed by atoms with Crippen molar-refractivity contribution in [3.8, 4) is 0 Å². The Hall–Kier alpha value is -1.37. The van der Waals surface area contributed by atoms with Crippen LogP contribution >= 0.6 is 11.9 Å². The molecule has 108 valence electrons. The number of ether oxygens (including phenoxy) is 1. The van der Waals surface area contributed by atoms with E-state index in [-0.39, 0.29) is 5.78 Å². The lowest BCUT2D eigenvalue weighted by atomic mass is 10.0. The molecule has 1 aromatic carbocycles. The summed E-state index contributed by atoms with van der Waals surface area (Å²) in [5.74, 6) is -1.52. The fraction of sp³-hybridized carbons (Fsp3) is 0.429. The molecule has 0 bridgehead atoms. The molecule has 2 aliphatic rings. The minimum Gasteiger partial charge on any atom is -0.480 e. The average Bonchev–Trinajstić information content (AvgIpc) is 2.50. The summed E-state index contributed by atoms with van der Waals surface area (Å²) in [6.45, 7) is 2.00. The first-order valence-corrected chi connectivity index (χ1v) is 7.38. The van der Waals surface area contributed by atoms with Crippen molar-refractivity contribution in [1.29, 1.82) is 0 Å². The first kappa shape index (κ1) is 15.0. The summed E-state index contributed by atoms with van der Waals surface area (Å²) in [6.07, 6.45) is 3.93. The van der Waals surface area contributed by atoms with Gasteiger partial charge in [-0.25, -0.2) is 9.52 Å². The highest BCUT2D eigenvalue weighted by Crippen LogP contribution is 2.26. The molecule has 1 fully saturated rings. The number of carboxylic acids is 1. The number of Topliss-reactive ketones (excluding diaryl/α,β-unsaturated/α-hetero) is 1. The van der Waals surface area contributed by atoms with Crippen molar-refractivity contribution in [2.45, 2.75) is 30.2 Å². The lowest BCUT2D eigenvalue weighted by molar-refractivity contribution is -0.137. The van der Waals surface area contributed by atoms with E-state index in [2.05, 4.69) is 4.72 Å². The minimum atomic E-state index is -1.14. The standard InChI is InChI=1S/C9H7NO3S.C5H10O/c11-8-5-3-1-2-4-6(5)14-10-7(8)9(12)13;1-2-4-6-5-3-1/h1-4,7,10H,(H,12,13);1-5H2. The molecule has 2 aliphatic heterocycles. The Kier molecular flexibility index (Phi) is 5.58. The maximum Gasteiger partial charge on any atom is 0.329 e. The monoisotopic (exact) mass is 295 g/mol. The Balaban J connectivity index is 0.000000205. The van der Waals surface area contributed by atoms with Gasteiger partial charge in [-0.05, 0) is 37.3 Å². The van der Waals surface area contributed by atoms with Crippen LogP contribution in [0.2, 0.25) is 0 Å². The second kappa shape index (κ2) is 7.42. The maximum absolute atomic E-state index is 11.6. The highest BCUT2D eigenvalue weighted by atomic mass is 32.2. The van der Waals surface area contributed by atoms with Crippen molar-refractivity contribution in [2.24, 2.45) is 0 Å². The van der Waals surface area contributed by atoms with E-state index in [9.17, 15) is 9.59 Å². The highest BCUT2D eigenvalue weighted by Gasteiger charge is 2.32. The zero-order valence-electron chi connectivity index (χ0n) is 11.0. The SMILES string of the molecule is C1CCOCC1.O=C(O)C1NSc2ccccc2C1=O. The van der Waals surface area contributed by atoms with Gasteiger partial charge in [0.2, 0.25) is 0 Å². The smallest absolute Gasteiger partial charge is 0.329 e. The zero-order chi connectivity index (χ0) is 14.4. The molecule has 0 amide bonds. The molecule has 0 radical (unpaired) electrons. The van der Waals surface area contributed by atoms with E-state index >= 15 is 0 Å². The molecule has 1 saturated heterocycles. The number of rotatable bonds is 1. The van der Waals surface area contributed by atoms with Crippen LogP contribution in [-0.4, -0.2) is 36.1 Å². The number of carbonyl (C=O) groups excluding carboxylic acids is 1. The van der Waals surface area contributed by atoms with E-state index in [1.807, 2.05) is 6.07 Å². The van der Waals surface area contributed by atoms with Crippen LogP contribution in [0.3, 0.4) is 0 Å². The molecular formula is C14H17NO4S. The largest absolute Gasteiger partial charge is 0.480 e. The molecule has 0 aromatic heterocycles. The van der Waals surface area contributed by atoms with Gasteiger partial charge in [0.15, 0.2) is 11.8 Å². The first-order valence-electron chi connectivity index (χ1n) is 6.56. The van der Waals surface area contributed by atoms with Gasteiger partial charge in [-0.3, -0.25) is 4.79 Å². The molecule has 2 N–H and O–H groups in total. The number of fused-ring (bicyclic) bond motifs is 1. The number of hydrogen-bond acceptors (Lipinski definition) is 5. The molecule has 1 atom stereocenters. The third-order valence-electron chi connectivity index (χ3n) is 3.03. The molecular weight excluding hydrogens is 278 g/mol. The molecule has 1 aromatic rings. The molecule has 1 unspecified atom stereocenters. The number of benzene rings is 1. The van der Waals surface area contributed by atoms with Crippen molar-refractivity contribution < 1.29 is 19.4 Å². The third kappa shape index (κ3) is 3.82. The van der Waals surface area contributed by atoms with Gasteiger partial charge in [0.05, 0.1) is 0 Å².